The zero-order chi connectivity index (χ0) is 12.3. The number of ether oxygens (including phenoxy) is 1. The normalized spacial score (nSPS) is 29.8. The van der Waals surface area contributed by atoms with Crippen molar-refractivity contribution in [3.8, 4) is 0 Å². The molecule has 1 fully saturated rings. The quantitative estimate of drug-likeness (QED) is 0.774. The number of nitrogens with zero attached hydrogens (tertiary/aromatic N) is 1. The van der Waals surface area contributed by atoms with Crippen LogP contribution in [0.3, 0.4) is 0 Å². The van der Waals surface area contributed by atoms with Gasteiger partial charge in [0.2, 0.25) is 5.91 Å². The van der Waals surface area contributed by atoms with Crippen molar-refractivity contribution in [3.63, 3.8) is 0 Å². The number of carboxylic acid groups (broad SMARTS) is 1. The summed E-state index contributed by atoms with van der Waals surface area (Å²) in [5.74, 6) is -1.18. The molecule has 2 unspecified atom stereocenters. The highest BCUT2D eigenvalue weighted by atomic mass is 16.5. The van der Waals surface area contributed by atoms with Gasteiger partial charge in [0.15, 0.2) is 0 Å². The number of hydrogen-bond donors (Lipinski definition) is 1. The van der Waals surface area contributed by atoms with Gasteiger partial charge in [-0.3, -0.25) is 9.59 Å². The molecule has 2 atom stereocenters. The fourth-order valence-corrected chi connectivity index (χ4v) is 2.20. The third-order valence-corrected chi connectivity index (χ3v) is 2.80. The molecule has 16 heavy (non-hydrogen) atoms. The number of carbonyl (C=O) groups excluding carboxylic acids is 1. The Morgan fingerprint density at radius 3 is 2.25 bits per heavy atom. The monoisotopic (exact) mass is 229 g/mol. The van der Waals surface area contributed by atoms with Gasteiger partial charge < -0.3 is 14.7 Å². The van der Waals surface area contributed by atoms with Gasteiger partial charge in [0, 0.05) is 13.0 Å². The second kappa shape index (κ2) is 5.30. The van der Waals surface area contributed by atoms with E-state index in [9.17, 15) is 9.59 Å². The van der Waals surface area contributed by atoms with E-state index in [1.54, 1.807) is 0 Å². The third-order valence-electron chi connectivity index (χ3n) is 2.80. The molecule has 0 aromatic carbocycles. The number of carboxylic acids is 1. The second-order valence-corrected chi connectivity index (χ2v) is 4.51. The van der Waals surface area contributed by atoms with Crippen LogP contribution >= 0.6 is 0 Å². The van der Waals surface area contributed by atoms with E-state index in [0.717, 1.165) is 0 Å². The van der Waals surface area contributed by atoms with Crippen molar-refractivity contribution in [2.75, 3.05) is 13.6 Å². The lowest BCUT2D eigenvalue weighted by molar-refractivity contribution is -0.149. The molecule has 0 aromatic heterocycles. The van der Waals surface area contributed by atoms with Gasteiger partial charge in [-0.1, -0.05) is 0 Å². The maximum atomic E-state index is 11.9. The Hall–Kier alpha value is -1.10. The number of rotatable bonds is 3. The number of likely N-dealkylation sites (N-methyl/N-ethyl adjacent to an activating group) is 1. The standard InChI is InChI=1S/C11H19NO4/c1-7-4-9(5-8(2)16-7)11(15)12(3)6-10(13)14/h7-9H,4-6H2,1-3H3,(H,13,14). The van der Waals surface area contributed by atoms with Gasteiger partial charge in [-0.25, -0.2) is 0 Å². The summed E-state index contributed by atoms with van der Waals surface area (Å²) < 4.78 is 5.54. The Kier molecular flexibility index (Phi) is 4.29. The van der Waals surface area contributed by atoms with Crippen LogP contribution in [0.1, 0.15) is 26.7 Å². The molecule has 1 aliphatic rings. The molecule has 1 saturated heterocycles. The highest BCUT2D eigenvalue weighted by Crippen LogP contribution is 2.25. The zero-order valence-corrected chi connectivity index (χ0v) is 9.97. The Morgan fingerprint density at radius 1 is 1.31 bits per heavy atom. The van der Waals surface area contributed by atoms with Gasteiger partial charge in [-0.2, -0.15) is 0 Å². The third kappa shape index (κ3) is 3.48. The van der Waals surface area contributed by atoms with Gasteiger partial charge in [0.1, 0.15) is 6.54 Å². The smallest absolute Gasteiger partial charge is 0.323 e. The molecule has 0 spiro atoms. The maximum absolute atomic E-state index is 11.9. The van der Waals surface area contributed by atoms with Crippen molar-refractivity contribution in [1.82, 2.24) is 4.90 Å². The molecule has 1 aliphatic heterocycles. The van der Waals surface area contributed by atoms with E-state index in [4.69, 9.17) is 9.84 Å². The summed E-state index contributed by atoms with van der Waals surface area (Å²) in [5, 5.41) is 8.62. The minimum absolute atomic E-state index is 0.0657. The molecule has 5 nitrogen and oxygen atoms in total. The first-order valence-electron chi connectivity index (χ1n) is 5.52. The number of aliphatic carboxylic acids is 1. The van der Waals surface area contributed by atoms with E-state index < -0.39 is 5.97 Å². The van der Waals surface area contributed by atoms with Gasteiger partial charge in [0.25, 0.3) is 0 Å². The summed E-state index contributed by atoms with van der Waals surface area (Å²) in [7, 11) is 1.53. The van der Waals surface area contributed by atoms with Crippen LogP contribution in [0.5, 0.6) is 0 Å². The molecule has 1 N–H and O–H groups in total. The van der Waals surface area contributed by atoms with Crippen LogP contribution in [-0.2, 0) is 14.3 Å². The highest BCUT2D eigenvalue weighted by molar-refractivity contribution is 5.82. The van der Waals surface area contributed by atoms with Crippen LogP contribution in [0.25, 0.3) is 0 Å². The van der Waals surface area contributed by atoms with Crippen molar-refractivity contribution in [3.05, 3.63) is 0 Å². The Labute approximate surface area is 95.4 Å². The molecular formula is C11H19NO4. The molecular weight excluding hydrogens is 210 g/mol. The van der Waals surface area contributed by atoms with Crippen molar-refractivity contribution in [2.45, 2.75) is 38.9 Å². The Balaban J connectivity index is 2.55. The molecule has 0 bridgehead atoms. The van der Waals surface area contributed by atoms with E-state index in [2.05, 4.69) is 0 Å². The average Bonchev–Trinajstić information content (AvgIpc) is 2.13. The van der Waals surface area contributed by atoms with Gasteiger partial charge in [-0.15, -0.1) is 0 Å². The largest absolute Gasteiger partial charge is 0.480 e. The summed E-state index contributed by atoms with van der Waals surface area (Å²) >= 11 is 0. The van der Waals surface area contributed by atoms with Crippen LogP contribution in [-0.4, -0.2) is 47.7 Å². The fourth-order valence-electron chi connectivity index (χ4n) is 2.20. The van der Waals surface area contributed by atoms with Crippen LogP contribution in [0.2, 0.25) is 0 Å². The fraction of sp³-hybridized carbons (Fsp3) is 0.818. The number of hydrogen-bond acceptors (Lipinski definition) is 3. The SMILES string of the molecule is CC1CC(C(=O)N(C)CC(=O)O)CC(C)O1. The minimum atomic E-state index is -0.982. The van der Waals surface area contributed by atoms with Crippen LogP contribution < -0.4 is 0 Å². The van der Waals surface area contributed by atoms with Crippen LogP contribution in [0.4, 0.5) is 0 Å². The van der Waals surface area contributed by atoms with E-state index >= 15 is 0 Å². The summed E-state index contributed by atoms with van der Waals surface area (Å²) in [6.45, 7) is 3.64. The van der Waals surface area contributed by atoms with Gasteiger partial charge in [0.05, 0.1) is 12.2 Å². The molecule has 1 amide bonds. The van der Waals surface area contributed by atoms with Crippen molar-refractivity contribution in [1.29, 1.82) is 0 Å². The highest BCUT2D eigenvalue weighted by Gasteiger charge is 2.31. The van der Waals surface area contributed by atoms with E-state index in [0.29, 0.717) is 12.8 Å². The summed E-state index contributed by atoms with van der Waals surface area (Å²) in [5.41, 5.74) is 0. The van der Waals surface area contributed by atoms with Crippen molar-refractivity contribution < 1.29 is 19.4 Å². The molecule has 0 aliphatic carbocycles. The maximum Gasteiger partial charge on any atom is 0.323 e. The van der Waals surface area contributed by atoms with Gasteiger partial charge >= 0.3 is 5.97 Å². The molecule has 0 saturated carbocycles. The minimum Gasteiger partial charge on any atom is -0.480 e. The molecule has 1 rings (SSSR count). The van der Waals surface area contributed by atoms with Crippen molar-refractivity contribution in [2.24, 2.45) is 5.92 Å². The van der Waals surface area contributed by atoms with Crippen LogP contribution in [0.15, 0.2) is 0 Å². The molecule has 0 aromatic rings. The zero-order valence-electron chi connectivity index (χ0n) is 9.97. The molecule has 1 heterocycles. The first-order chi connectivity index (χ1) is 7.40. The molecule has 0 radical (unpaired) electrons. The molecule has 5 heteroatoms. The topological polar surface area (TPSA) is 66.8 Å². The van der Waals surface area contributed by atoms with Crippen molar-refractivity contribution >= 4 is 11.9 Å². The summed E-state index contributed by atoms with van der Waals surface area (Å²) in [6, 6.07) is 0. The lowest BCUT2D eigenvalue weighted by Crippen LogP contribution is -2.41. The van der Waals surface area contributed by atoms with E-state index in [-0.39, 0.29) is 30.6 Å². The van der Waals surface area contributed by atoms with E-state index in [1.807, 2.05) is 13.8 Å². The Bertz CT molecular complexity index is 269. The predicted molar refractivity (Wildman–Crippen MR) is 58.0 cm³/mol. The van der Waals surface area contributed by atoms with Gasteiger partial charge in [-0.05, 0) is 26.7 Å². The number of amides is 1. The van der Waals surface area contributed by atoms with E-state index in [1.165, 1.54) is 11.9 Å². The first kappa shape index (κ1) is 13.0. The number of carbonyl (C=O) groups is 2. The van der Waals surface area contributed by atoms with Crippen LogP contribution in [0, 0.1) is 5.92 Å². The molecule has 92 valence electrons. The lowest BCUT2D eigenvalue weighted by Gasteiger charge is -2.33. The second-order valence-electron chi connectivity index (χ2n) is 4.51. The lowest BCUT2D eigenvalue weighted by atomic mass is 9.91. The predicted octanol–water partition coefficient (Wildman–Crippen LogP) is 0.733. The summed E-state index contributed by atoms with van der Waals surface area (Å²) in [4.78, 5) is 23.7. The first-order valence-corrected chi connectivity index (χ1v) is 5.52. The average molecular weight is 229 g/mol. The Morgan fingerprint density at radius 2 is 1.81 bits per heavy atom. The summed E-state index contributed by atoms with van der Waals surface area (Å²) in [6.07, 6.45) is 1.48.